The van der Waals surface area contributed by atoms with Crippen LogP contribution in [0.15, 0.2) is 53.4 Å². The summed E-state index contributed by atoms with van der Waals surface area (Å²) < 4.78 is 5.19. The number of ether oxygens (including phenoxy) is 1. The maximum absolute atomic E-state index is 12.3. The summed E-state index contributed by atoms with van der Waals surface area (Å²) in [5, 5.41) is 13.4. The number of amides is 1. The molecule has 0 bridgehead atoms. The van der Waals surface area contributed by atoms with Gasteiger partial charge in [0.1, 0.15) is 0 Å². The van der Waals surface area contributed by atoms with Gasteiger partial charge in [0.25, 0.3) is 11.6 Å². The molecule has 0 aliphatic heterocycles. The van der Waals surface area contributed by atoms with Crippen LogP contribution in [-0.2, 0) is 14.3 Å². The van der Waals surface area contributed by atoms with Crippen molar-refractivity contribution in [1.29, 1.82) is 0 Å². The van der Waals surface area contributed by atoms with E-state index in [1.165, 1.54) is 30.8 Å². The van der Waals surface area contributed by atoms with E-state index in [1.54, 1.807) is 12.1 Å². The standard InChI is InChI=1S/C20H22N2O5S/c1-13(2)17-6-4-5-7-18(17)21-20(24)14(3)27-19(23)12-28-16-10-8-15(9-11-16)22(25)26/h4-11,13-14H,12H2,1-3H3,(H,21,24)/t14-/m0/s1. The quantitative estimate of drug-likeness (QED) is 0.304. The minimum Gasteiger partial charge on any atom is -0.452 e. The molecule has 0 heterocycles. The Kier molecular flexibility index (Phi) is 7.57. The van der Waals surface area contributed by atoms with Crippen LogP contribution in [0.4, 0.5) is 11.4 Å². The van der Waals surface area contributed by atoms with E-state index < -0.39 is 22.9 Å². The summed E-state index contributed by atoms with van der Waals surface area (Å²) >= 11 is 1.18. The Morgan fingerprint density at radius 2 is 1.75 bits per heavy atom. The number of hydrogen-bond donors (Lipinski definition) is 1. The Morgan fingerprint density at radius 1 is 1.11 bits per heavy atom. The zero-order valence-corrected chi connectivity index (χ0v) is 16.7. The smallest absolute Gasteiger partial charge is 0.317 e. The fourth-order valence-corrected chi connectivity index (χ4v) is 3.12. The second-order valence-corrected chi connectivity index (χ2v) is 7.45. The third kappa shape index (κ3) is 6.09. The van der Waals surface area contributed by atoms with Gasteiger partial charge in [0.05, 0.1) is 10.7 Å². The molecule has 0 saturated carbocycles. The van der Waals surface area contributed by atoms with Crippen LogP contribution >= 0.6 is 11.8 Å². The van der Waals surface area contributed by atoms with Crippen LogP contribution < -0.4 is 5.32 Å². The molecule has 0 aliphatic carbocycles. The van der Waals surface area contributed by atoms with Gasteiger partial charge in [-0.1, -0.05) is 32.0 Å². The Bertz CT molecular complexity index is 852. The number of esters is 1. The maximum atomic E-state index is 12.3. The molecule has 0 spiro atoms. The van der Waals surface area contributed by atoms with Gasteiger partial charge < -0.3 is 10.1 Å². The first-order chi connectivity index (χ1) is 13.3. The van der Waals surface area contributed by atoms with E-state index in [4.69, 9.17) is 4.74 Å². The summed E-state index contributed by atoms with van der Waals surface area (Å²) in [4.78, 5) is 35.2. The number of benzene rings is 2. The lowest BCUT2D eigenvalue weighted by atomic mass is 10.0. The SMILES string of the molecule is CC(C)c1ccccc1NC(=O)[C@H](C)OC(=O)CSc1ccc([N+](=O)[O-])cc1. The average Bonchev–Trinajstić information content (AvgIpc) is 2.66. The van der Waals surface area contributed by atoms with E-state index in [2.05, 4.69) is 5.32 Å². The molecule has 1 N–H and O–H groups in total. The van der Waals surface area contributed by atoms with Crippen LogP contribution in [-0.4, -0.2) is 28.7 Å². The number of carbonyl (C=O) groups is 2. The molecule has 0 fully saturated rings. The third-order valence-electron chi connectivity index (χ3n) is 3.92. The van der Waals surface area contributed by atoms with Crippen molar-refractivity contribution in [3.63, 3.8) is 0 Å². The van der Waals surface area contributed by atoms with Gasteiger partial charge in [-0.15, -0.1) is 11.8 Å². The molecule has 28 heavy (non-hydrogen) atoms. The van der Waals surface area contributed by atoms with Crippen molar-refractivity contribution in [3.05, 3.63) is 64.2 Å². The highest BCUT2D eigenvalue weighted by Crippen LogP contribution is 2.24. The van der Waals surface area contributed by atoms with Crippen molar-refractivity contribution >= 4 is 35.0 Å². The third-order valence-corrected chi connectivity index (χ3v) is 4.91. The summed E-state index contributed by atoms with van der Waals surface area (Å²) in [6, 6.07) is 13.4. The number of nitro benzene ring substituents is 1. The van der Waals surface area contributed by atoms with E-state index in [0.717, 1.165) is 5.56 Å². The molecule has 148 valence electrons. The van der Waals surface area contributed by atoms with Crippen LogP contribution in [0.1, 0.15) is 32.3 Å². The highest BCUT2D eigenvalue weighted by molar-refractivity contribution is 8.00. The Morgan fingerprint density at radius 3 is 2.36 bits per heavy atom. The minimum atomic E-state index is -0.940. The van der Waals surface area contributed by atoms with Crippen molar-refractivity contribution in [2.24, 2.45) is 0 Å². The van der Waals surface area contributed by atoms with E-state index in [0.29, 0.717) is 10.6 Å². The number of carbonyl (C=O) groups excluding carboxylic acids is 2. The Balaban J connectivity index is 1.86. The summed E-state index contributed by atoms with van der Waals surface area (Å²) in [5.74, 6) is -0.699. The largest absolute Gasteiger partial charge is 0.452 e. The van der Waals surface area contributed by atoms with Gasteiger partial charge in [-0.05, 0) is 36.6 Å². The molecule has 2 rings (SSSR count). The molecule has 7 nitrogen and oxygen atoms in total. The first-order valence-corrected chi connectivity index (χ1v) is 9.73. The number of nitro groups is 1. The summed E-state index contributed by atoms with van der Waals surface area (Å²) in [6.07, 6.45) is -0.940. The molecule has 0 unspecified atom stereocenters. The summed E-state index contributed by atoms with van der Waals surface area (Å²) in [6.45, 7) is 5.58. The first kappa shape index (κ1) is 21.4. The summed E-state index contributed by atoms with van der Waals surface area (Å²) in [5.41, 5.74) is 1.69. The molecule has 0 aliphatic rings. The fourth-order valence-electron chi connectivity index (χ4n) is 2.44. The minimum absolute atomic E-state index is 0.00197. The lowest BCUT2D eigenvalue weighted by Gasteiger charge is -2.17. The molecule has 0 radical (unpaired) electrons. The molecule has 0 aromatic heterocycles. The fraction of sp³-hybridized carbons (Fsp3) is 0.300. The first-order valence-electron chi connectivity index (χ1n) is 8.74. The highest BCUT2D eigenvalue weighted by Gasteiger charge is 2.19. The van der Waals surface area contributed by atoms with Crippen LogP contribution in [0.2, 0.25) is 0 Å². The predicted molar refractivity (Wildman–Crippen MR) is 109 cm³/mol. The van der Waals surface area contributed by atoms with Crippen LogP contribution in [0.3, 0.4) is 0 Å². The zero-order chi connectivity index (χ0) is 20.7. The van der Waals surface area contributed by atoms with E-state index in [9.17, 15) is 19.7 Å². The van der Waals surface area contributed by atoms with Crippen molar-refractivity contribution in [2.45, 2.75) is 37.7 Å². The summed E-state index contributed by atoms with van der Waals surface area (Å²) in [7, 11) is 0. The van der Waals surface area contributed by atoms with Crippen molar-refractivity contribution in [3.8, 4) is 0 Å². The van der Waals surface area contributed by atoms with Crippen molar-refractivity contribution in [2.75, 3.05) is 11.1 Å². The van der Waals surface area contributed by atoms with Crippen molar-refractivity contribution in [1.82, 2.24) is 0 Å². The van der Waals surface area contributed by atoms with Gasteiger partial charge in [-0.2, -0.15) is 0 Å². The number of hydrogen-bond acceptors (Lipinski definition) is 6. The van der Waals surface area contributed by atoms with Gasteiger partial charge in [0, 0.05) is 22.7 Å². The van der Waals surface area contributed by atoms with Gasteiger partial charge in [-0.25, -0.2) is 0 Å². The van der Waals surface area contributed by atoms with Gasteiger partial charge in [-0.3, -0.25) is 19.7 Å². The molecular weight excluding hydrogens is 380 g/mol. The monoisotopic (exact) mass is 402 g/mol. The Hall–Kier alpha value is -2.87. The lowest BCUT2D eigenvalue weighted by molar-refractivity contribution is -0.384. The number of anilines is 1. The van der Waals surface area contributed by atoms with Gasteiger partial charge in [0.15, 0.2) is 6.10 Å². The van der Waals surface area contributed by atoms with Gasteiger partial charge >= 0.3 is 5.97 Å². The van der Waals surface area contributed by atoms with Crippen LogP contribution in [0.25, 0.3) is 0 Å². The second-order valence-electron chi connectivity index (χ2n) is 6.40. The molecule has 2 aromatic carbocycles. The average molecular weight is 402 g/mol. The van der Waals surface area contributed by atoms with E-state index in [-0.39, 0.29) is 17.4 Å². The molecule has 2 aromatic rings. The topological polar surface area (TPSA) is 98.5 Å². The number of nitrogens with zero attached hydrogens (tertiary/aromatic N) is 1. The number of rotatable bonds is 8. The van der Waals surface area contributed by atoms with E-state index in [1.807, 2.05) is 38.1 Å². The molecule has 8 heteroatoms. The molecule has 1 atom stereocenters. The van der Waals surface area contributed by atoms with Crippen LogP contribution in [0, 0.1) is 10.1 Å². The molecule has 0 saturated heterocycles. The Labute approximate surface area is 167 Å². The molecular formula is C20H22N2O5S. The molecule has 1 amide bonds. The van der Waals surface area contributed by atoms with Crippen LogP contribution in [0.5, 0.6) is 0 Å². The number of thioether (sulfide) groups is 1. The normalized spacial score (nSPS) is 11.7. The van der Waals surface area contributed by atoms with E-state index >= 15 is 0 Å². The number of para-hydroxylation sites is 1. The maximum Gasteiger partial charge on any atom is 0.317 e. The van der Waals surface area contributed by atoms with Crippen molar-refractivity contribution < 1.29 is 19.2 Å². The predicted octanol–water partition coefficient (Wildman–Crippen LogP) is 4.38. The number of nitrogens with one attached hydrogen (secondary N) is 1. The zero-order valence-electron chi connectivity index (χ0n) is 15.9. The highest BCUT2D eigenvalue weighted by atomic mass is 32.2. The number of non-ortho nitro benzene ring substituents is 1. The lowest BCUT2D eigenvalue weighted by Crippen LogP contribution is -2.30. The second kappa shape index (κ2) is 9.89. The van der Waals surface area contributed by atoms with Gasteiger partial charge in [0.2, 0.25) is 0 Å².